The maximum Gasteiger partial charge on any atom is 0.0644 e. The van der Waals surface area contributed by atoms with Gasteiger partial charge in [0, 0.05) is 46.9 Å². The van der Waals surface area contributed by atoms with E-state index in [1.807, 2.05) is 0 Å². The molecule has 2 aromatic carbocycles. The van der Waals surface area contributed by atoms with Crippen LogP contribution in [0.25, 0.3) is 27.7 Å². The van der Waals surface area contributed by atoms with Crippen molar-refractivity contribution in [2.24, 2.45) is 0 Å². The minimum Gasteiger partial charge on any atom is -0.312 e. The molecule has 0 N–H and O–H groups in total. The van der Waals surface area contributed by atoms with Crippen LogP contribution in [0.1, 0.15) is 16.8 Å². The Morgan fingerprint density at radius 3 is 2.69 bits per heavy atom. The summed E-state index contributed by atoms with van der Waals surface area (Å²) in [6.07, 6.45) is 1.10. The third-order valence-corrected chi connectivity index (χ3v) is 6.19. The van der Waals surface area contributed by atoms with Crippen LogP contribution in [0.3, 0.4) is 0 Å². The zero-order valence-electron chi connectivity index (χ0n) is 15.2. The quantitative estimate of drug-likeness (QED) is 0.449. The SMILES string of the molecule is Cc1ccc2c(c1)c1c(n2-c2cscc2-c2ccccc2)CCN(C)C1. The molecule has 0 spiro atoms. The molecule has 3 heteroatoms. The van der Waals surface area contributed by atoms with Crippen LogP contribution < -0.4 is 0 Å². The van der Waals surface area contributed by atoms with Crippen molar-refractivity contribution < 1.29 is 0 Å². The fourth-order valence-electron chi connectivity index (χ4n) is 4.18. The first kappa shape index (κ1) is 15.9. The van der Waals surface area contributed by atoms with Gasteiger partial charge in [-0.05, 0) is 37.2 Å². The van der Waals surface area contributed by atoms with Crippen LogP contribution in [0.15, 0.2) is 59.3 Å². The number of hydrogen-bond donors (Lipinski definition) is 0. The van der Waals surface area contributed by atoms with Gasteiger partial charge in [0.1, 0.15) is 0 Å². The van der Waals surface area contributed by atoms with Crippen molar-refractivity contribution in [2.75, 3.05) is 13.6 Å². The van der Waals surface area contributed by atoms with E-state index in [0.717, 1.165) is 19.5 Å². The third kappa shape index (κ3) is 2.43. The summed E-state index contributed by atoms with van der Waals surface area (Å²) in [6.45, 7) is 4.34. The van der Waals surface area contributed by atoms with E-state index in [2.05, 4.69) is 82.7 Å². The molecule has 0 bridgehead atoms. The fraction of sp³-hybridized carbons (Fsp3) is 0.217. The molecule has 5 rings (SSSR count). The molecule has 0 amide bonds. The van der Waals surface area contributed by atoms with E-state index in [9.17, 15) is 0 Å². The van der Waals surface area contributed by atoms with Crippen molar-refractivity contribution in [1.29, 1.82) is 0 Å². The van der Waals surface area contributed by atoms with E-state index >= 15 is 0 Å². The van der Waals surface area contributed by atoms with Crippen LogP contribution in [0.2, 0.25) is 0 Å². The number of aryl methyl sites for hydroxylation is 1. The third-order valence-electron chi connectivity index (χ3n) is 5.46. The van der Waals surface area contributed by atoms with Crippen LogP contribution in [-0.2, 0) is 13.0 Å². The Labute approximate surface area is 158 Å². The van der Waals surface area contributed by atoms with Crippen LogP contribution in [0.4, 0.5) is 0 Å². The van der Waals surface area contributed by atoms with E-state index in [1.54, 1.807) is 11.3 Å². The highest BCUT2D eigenvalue weighted by Crippen LogP contribution is 2.38. The molecule has 0 unspecified atom stereocenters. The summed E-state index contributed by atoms with van der Waals surface area (Å²) >= 11 is 1.79. The van der Waals surface area contributed by atoms with E-state index in [-0.39, 0.29) is 0 Å². The average molecular weight is 359 g/mol. The number of hydrogen-bond acceptors (Lipinski definition) is 2. The lowest BCUT2D eigenvalue weighted by atomic mass is 10.0. The summed E-state index contributed by atoms with van der Waals surface area (Å²) in [4.78, 5) is 2.43. The van der Waals surface area contributed by atoms with Crippen LogP contribution in [0.5, 0.6) is 0 Å². The van der Waals surface area contributed by atoms with Gasteiger partial charge in [0.2, 0.25) is 0 Å². The van der Waals surface area contributed by atoms with E-state index in [4.69, 9.17) is 0 Å². The zero-order valence-corrected chi connectivity index (χ0v) is 16.0. The molecular weight excluding hydrogens is 336 g/mol. The first-order valence-electron chi connectivity index (χ1n) is 9.16. The van der Waals surface area contributed by atoms with Gasteiger partial charge >= 0.3 is 0 Å². The van der Waals surface area contributed by atoms with Crippen molar-refractivity contribution in [1.82, 2.24) is 9.47 Å². The molecule has 0 radical (unpaired) electrons. The van der Waals surface area contributed by atoms with Crippen LogP contribution in [0, 0.1) is 6.92 Å². The van der Waals surface area contributed by atoms with E-state index in [0.29, 0.717) is 0 Å². The Hall–Kier alpha value is -2.36. The zero-order chi connectivity index (χ0) is 17.7. The number of fused-ring (bicyclic) bond motifs is 3. The number of aromatic nitrogens is 1. The van der Waals surface area contributed by atoms with E-state index in [1.165, 1.54) is 44.5 Å². The maximum atomic E-state index is 2.52. The number of nitrogens with zero attached hydrogens (tertiary/aromatic N) is 2. The predicted octanol–water partition coefficient (Wildman–Crippen LogP) is 5.66. The summed E-state index contributed by atoms with van der Waals surface area (Å²) in [5.74, 6) is 0. The van der Waals surface area contributed by atoms with Crippen molar-refractivity contribution in [2.45, 2.75) is 19.9 Å². The van der Waals surface area contributed by atoms with Crippen molar-refractivity contribution in [3.8, 4) is 16.8 Å². The fourth-order valence-corrected chi connectivity index (χ4v) is 5.00. The van der Waals surface area contributed by atoms with Gasteiger partial charge in [-0.2, -0.15) is 0 Å². The Morgan fingerprint density at radius 2 is 1.85 bits per heavy atom. The summed E-state index contributed by atoms with van der Waals surface area (Å²) in [5, 5.41) is 6.00. The number of likely N-dealkylation sites (N-methyl/N-ethyl adjacent to an activating group) is 1. The van der Waals surface area contributed by atoms with Crippen LogP contribution in [-0.4, -0.2) is 23.1 Å². The number of benzene rings is 2. The Balaban J connectivity index is 1.81. The topological polar surface area (TPSA) is 8.17 Å². The molecule has 0 atom stereocenters. The first-order valence-corrected chi connectivity index (χ1v) is 10.1. The molecule has 0 saturated carbocycles. The molecule has 4 aromatic rings. The Bertz CT molecular complexity index is 1090. The lowest BCUT2D eigenvalue weighted by Crippen LogP contribution is -2.27. The molecule has 26 heavy (non-hydrogen) atoms. The molecule has 130 valence electrons. The average Bonchev–Trinajstić information content (AvgIpc) is 3.24. The highest BCUT2D eigenvalue weighted by Gasteiger charge is 2.24. The standard InChI is InChI=1S/C23H22N2S/c1-16-8-9-21-18(12-16)19-13-24(2)11-10-22(19)25(21)23-15-26-14-20(23)17-6-4-3-5-7-17/h3-9,12,14-15H,10-11,13H2,1-2H3. The first-order chi connectivity index (χ1) is 12.7. The number of rotatable bonds is 2. The van der Waals surface area contributed by atoms with Gasteiger partial charge in [0.05, 0.1) is 11.2 Å². The second kappa shape index (κ2) is 6.11. The van der Waals surface area contributed by atoms with Crippen molar-refractivity contribution in [3.05, 3.63) is 76.1 Å². The largest absolute Gasteiger partial charge is 0.312 e. The Morgan fingerprint density at radius 1 is 1.00 bits per heavy atom. The lowest BCUT2D eigenvalue weighted by Gasteiger charge is -2.24. The molecule has 2 nitrogen and oxygen atoms in total. The van der Waals surface area contributed by atoms with Gasteiger partial charge in [-0.1, -0.05) is 42.0 Å². The van der Waals surface area contributed by atoms with Gasteiger partial charge in [-0.3, -0.25) is 0 Å². The maximum absolute atomic E-state index is 2.52. The smallest absolute Gasteiger partial charge is 0.0644 e. The highest BCUT2D eigenvalue weighted by molar-refractivity contribution is 7.08. The molecular formula is C23H22N2S. The molecule has 0 saturated heterocycles. The lowest BCUT2D eigenvalue weighted by molar-refractivity contribution is 0.311. The van der Waals surface area contributed by atoms with Gasteiger partial charge in [-0.15, -0.1) is 11.3 Å². The van der Waals surface area contributed by atoms with Gasteiger partial charge < -0.3 is 9.47 Å². The second-order valence-corrected chi connectivity index (χ2v) is 8.05. The second-order valence-electron chi connectivity index (χ2n) is 7.31. The minimum atomic E-state index is 1.03. The van der Waals surface area contributed by atoms with Gasteiger partial charge in [0.15, 0.2) is 0 Å². The molecule has 0 fully saturated rings. The minimum absolute atomic E-state index is 1.03. The van der Waals surface area contributed by atoms with Gasteiger partial charge in [0.25, 0.3) is 0 Å². The monoisotopic (exact) mass is 358 g/mol. The molecule has 1 aliphatic heterocycles. The van der Waals surface area contributed by atoms with E-state index < -0.39 is 0 Å². The van der Waals surface area contributed by atoms with Gasteiger partial charge in [-0.25, -0.2) is 0 Å². The summed E-state index contributed by atoms with van der Waals surface area (Å²) in [6, 6.07) is 17.7. The highest BCUT2D eigenvalue weighted by atomic mass is 32.1. The molecule has 1 aliphatic rings. The summed E-state index contributed by atoms with van der Waals surface area (Å²) < 4.78 is 2.52. The summed E-state index contributed by atoms with van der Waals surface area (Å²) in [5.41, 5.74) is 9.60. The Kier molecular flexibility index (Phi) is 3.73. The summed E-state index contributed by atoms with van der Waals surface area (Å²) in [7, 11) is 2.22. The predicted molar refractivity (Wildman–Crippen MR) is 111 cm³/mol. The molecule has 3 heterocycles. The molecule has 0 aliphatic carbocycles. The normalized spacial score (nSPS) is 14.7. The number of thiophene rings is 1. The van der Waals surface area contributed by atoms with Crippen molar-refractivity contribution in [3.63, 3.8) is 0 Å². The van der Waals surface area contributed by atoms with Crippen LogP contribution >= 0.6 is 11.3 Å². The molecule has 2 aromatic heterocycles. The van der Waals surface area contributed by atoms with Crippen molar-refractivity contribution >= 4 is 22.2 Å².